The van der Waals surface area contributed by atoms with E-state index in [-0.39, 0.29) is 0 Å². The summed E-state index contributed by atoms with van der Waals surface area (Å²) in [5.74, 6) is 0.675. The van der Waals surface area contributed by atoms with Crippen molar-refractivity contribution in [3.05, 3.63) is 0 Å². The van der Waals surface area contributed by atoms with E-state index in [0.29, 0.717) is 5.92 Å². The Labute approximate surface area is 53.5 Å². The van der Waals surface area contributed by atoms with Crippen molar-refractivity contribution in [1.29, 1.82) is 0 Å². The fourth-order valence-corrected chi connectivity index (χ4v) is 1.85. The molecule has 2 heteroatoms. The van der Waals surface area contributed by atoms with Gasteiger partial charge in [0, 0.05) is 0 Å². The molecule has 0 aromatic rings. The topological polar surface area (TPSA) is 20.2 Å². The minimum atomic E-state index is -0.928. The highest BCUT2D eigenvalue weighted by Gasteiger charge is 2.05. The molecule has 49 valence electrons. The zero-order valence-corrected chi connectivity index (χ0v) is 6.94. The molecule has 0 amide bonds. The molecule has 0 unspecified atom stereocenters. The second kappa shape index (κ2) is 4.10. The summed E-state index contributed by atoms with van der Waals surface area (Å²) in [5.41, 5.74) is 0. The first-order valence-electron chi connectivity index (χ1n) is 3.20. The lowest BCUT2D eigenvalue weighted by molar-refractivity contribution is 0.546. The van der Waals surface area contributed by atoms with Crippen LogP contribution in [-0.2, 0) is 0 Å². The van der Waals surface area contributed by atoms with Gasteiger partial charge >= 0.3 is 0 Å². The molecule has 1 N–H and O–H groups in total. The van der Waals surface area contributed by atoms with Crippen LogP contribution in [-0.4, -0.2) is 13.8 Å². The third kappa shape index (κ3) is 4.34. The van der Waals surface area contributed by atoms with Gasteiger partial charge in [0.25, 0.3) is 0 Å². The van der Waals surface area contributed by atoms with Gasteiger partial charge in [-0.25, -0.2) is 0 Å². The van der Waals surface area contributed by atoms with E-state index < -0.39 is 9.04 Å². The molecule has 0 aliphatic rings. The van der Waals surface area contributed by atoms with E-state index in [1.165, 1.54) is 0 Å². The van der Waals surface area contributed by atoms with E-state index in [0.717, 1.165) is 12.1 Å². The van der Waals surface area contributed by atoms with E-state index in [2.05, 4.69) is 20.8 Å². The highest BCUT2D eigenvalue weighted by Crippen LogP contribution is 2.05. The van der Waals surface area contributed by atoms with Crippen LogP contribution in [0.4, 0.5) is 0 Å². The summed E-state index contributed by atoms with van der Waals surface area (Å²) < 4.78 is 0. The van der Waals surface area contributed by atoms with Crippen LogP contribution in [0.3, 0.4) is 0 Å². The highest BCUT2D eigenvalue weighted by molar-refractivity contribution is 6.50. The molecular formula is C6H15OSi. The molecule has 0 fully saturated rings. The Morgan fingerprint density at radius 2 is 2.00 bits per heavy atom. The maximum absolute atomic E-state index is 9.13. The van der Waals surface area contributed by atoms with Crippen molar-refractivity contribution in [2.75, 3.05) is 0 Å². The Morgan fingerprint density at radius 1 is 1.50 bits per heavy atom. The van der Waals surface area contributed by atoms with Crippen LogP contribution >= 0.6 is 0 Å². The maximum Gasteiger partial charge on any atom is 0.206 e. The van der Waals surface area contributed by atoms with Crippen LogP contribution in [0.15, 0.2) is 0 Å². The van der Waals surface area contributed by atoms with Gasteiger partial charge in [-0.2, -0.15) is 0 Å². The van der Waals surface area contributed by atoms with Gasteiger partial charge in [-0.15, -0.1) is 0 Å². The molecule has 0 rings (SSSR count). The van der Waals surface area contributed by atoms with Crippen LogP contribution in [0.1, 0.15) is 20.8 Å². The molecule has 0 spiro atoms. The van der Waals surface area contributed by atoms with Gasteiger partial charge in [0.15, 0.2) is 0 Å². The normalized spacial score (nSPS) is 11.2. The molecule has 0 aromatic heterocycles. The molecule has 1 radical (unpaired) electrons. The van der Waals surface area contributed by atoms with Crippen molar-refractivity contribution >= 4 is 9.04 Å². The van der Waals surface area contributed by atoms with Gasteiger partial charge in [-0.05, 0) is 18.0 Å². The third-order valence-corrected chi connectivity index (χ3v) is 3.16. The van der Waals surface area contributed by atoms with Gasteiger partial charge in [-0.3, -0.25) is 0 Å². The van der Waals surface area contributed by atoms with Gasteiger partial charge in [-0.1, -0.05) is 20.8 Å². The van der Waals surface area contributed by atoms with Crippen LogP contribution < -0.4 is 0 Å². The molecule has 0 aliphatic carbocycles. The van der Waals surface area contributed by atoms with Crippen molar-refractivity contribution in [1.82, 2.24) is 0 Å². The average Bonchev–Trinajstić information content (AvgIpc) is 1.65. The van der Waals surface area contributed by atoms with Gasteiger partial charge in [0.05, 0.1) is 0 Å². The lowest BCUT2D eigenvalue weighted by atomic mass is 10.3. The van der Waals surface area contributed by atoms with Crippen LogP contribution in [0.25, 0.3) is 0 Å². The van der Waals surface area contributed by atoms with Crippen molar-refractivity contribution in [3.8, 4) is 0 Å². The predicted octanol–water partition coefficient (Wildman–Crippen LogP) is 1.65. The highest BCUT2D eigenvalue weighted by atomic mass is 28.3. The van der Waals surface area contributed by atoms with Crippen molar-refractivity contribution < 1.29 is 4.80 Å². The summed E-state index contributed by atoms with van der Waals surface area (Å²) in [5, 5.41) is 0. The SMILES string of the molecule is CC[Si](O)CC(C)C. The van der Waals surface area contributed by atoms with Gasteiger partial charge < -0.3 is 4.80 Å². The van der Waals surface area contributed by atoms with Crippen LogP contribution in [0, 0.1) is 5.92 Å². The number of rotatable bonds is 3. The van der Waals surface area contributed by atoms with Gasteiger partial charge in [0.2, 0.25) is 9.04 Å². The average molecular weight is 131 g/mol. The Kier molecular flexibility index (Phi) is 4.19. The summed E-state index contributed by atoms with van der Waals surface area (Å²) in [6, 6.07) is 2.03. The maximum atomic E-state index is 9.13. The van der Waals surface area contributed by atoms with Crippen molar-refractivity contribution in [3.63, 3.8) is 0 Å². The zero-order chi connectivity index (χ0) is 6.57. The van der Waals surface area contributed by atoms with E-state index >= 15 is 0 Å². The molecule has 1 nitrogen and oxygen atoms in total. The molecule has 0 aromatic carbocycles. The number of hydrogen-bond acceptors (Lipinski definition) is 1. The summed E-state index contributed by atoms with van der Waals surface area (Å²) in [6.45, 7) is 6.35. The second-order valence-electron chi connectivity index (χ2n) is 2.52. The standard InChI is InChI=1S/C6H15OSi/c1-4-8(7)5-6(2)3/h6-7H,4-5H2,1-3H3. The van der Waals surface area contributed by atoms with Crippen LogP contribution in [0.2, 0.25) is 12.1 Å². The van der Waals surface area contributed by atoms with Gasteiger partial charge in [0.1, 0.15) is 0 Å². The van der Waals surface area contributed by atoms with E-state index in [4.69, 9.17) is 4.80 Å². The fourth-order valence-electron chi connectivity index (χ4n) is 0.616. The quantitative estimate of drug-likeness (QED) is 0.577. The first-order valence-corrected chi connectivity index (χ1v) is 5.06. The van der Waals surface area contributed by atoms with Crippen molar-refractivity contribution in [2.24, 2.45) is 5.92 Å². The smallest absolute Gasteiger partial charge is 0.206 e. The summed E-state index contributed by atoms with van der Waals surface area (Å²) in [4.78, 5) is 9.13. The Balaban J connectivity index is 3.10. The molecular weight excluding hydrogens is 116 g/mol. The Morgan fingerprint density at radius 3 is 2.12 bits per heavy atom. The van der Waals surface area contributed by atoms with E-state index in [1.54, 1.807) is 0 Å². The minimum Gasteiger partial charge on any atom is -0.431 e. The Bertz CT molecular complexity index is 54.5. The Hall–Kier alpha value is 0.177. The first-order chi connectivity index (χ1) is 3.66. The fraction of sp³-hybridized carbons (Fsp3) is 1.00. The monoisotopic (exact) mass is 131 g/mol. The van der Waals surface area contributed by atoms with E-state index in [1.807, 2.05) is 0 Å². The lowest BCUT2D eigenvalue weighted by Crippen LogP contribution is -2.12. The molecule has 8 heavy (non-hydrogen) atoms. The predicted molar refractivity (Wildman–Crippen MR) is 38.1 cm³/mol. The summed E-state index contributed by atoms with van der Waals surface area (Å²) in [6.07, 6.45) is 0. The zero-order valence-electron chi connectivity index (χ0n) is 5.94. The minimum absolute atomic E-state index is 0.675. The molecule has 0 saturated heterocycles. The second-order valence-corrected chi connectivity index (χ2v) is 4.77. The molecule has 0 saturated carbocycles. The first kappa shape index (κ1) is 8.18. The van der Waals surface area contributed by atoms with Crippen LogP contribution in [0.5, 0.6) is 0 Å². The largest absolute Gasteiger partial charge is 0.431 e. The molecule has 0 heterocycles. The lowest BCUT2D eigenvalue weighted by Gasteiger charge is -2.05. The third-order valence-electron chi connectivity index (χ3n) is 1.05. The van der Waals surface area contributed by atoms with E-state index in [9.17, 15) is 0 Å². The molecule has 0 atom stereocenters. The number of hydrogen-bond donors (Lipinski definition) is 1. The van der Waals surface area contributed by atoms with Crippen molar-refractivity contribution in [2.45, 2.75) is 32.9 Å². The summed E-state index contributed by atoms with van der Waals surface area (Å²) in [7, 11) is -0.928. The molecule has 0 bridgehead atoms. The molecule has 0 aliphatic heterocycles. The summed E-state index contributed by atoms with van der Waals surface area (Å²) >= 11 is 0.